The van der Waals surface area contributed by atoms with E-state index in [-0.39, 0.29) is 16.7 Å². The number of methoxy groups -OCH3 is 1. The summed E-state index contributed by atoms with van der Waals surface area (Å²) in [6, 6.07) is 5.47. The number of fused-ring (bicyclic) bond motifs is 2. The van der Waals surface area contributed by atoms with Gasteiger partial charge >= 0.3 is 6.18 Å². The van der Waals surface area contributed by atoms with Gasteiger partial charge in [0, 0.05) is 6.20 Å². The van der Waals surface area contributed by atoms with Crippen molar-refractivity contribution >= 4 is 32.3 Å². The number of hydrogen-bond acceptors (Lipinski definition) is 5. The number of nitrogens with zero attached hydrogens (tertiary/aromatic N) is 2. The molecule has 0 fully saturated rings. The highest BCUT2D eigenvalue weighted by Gasteiger charge is 2.35. The maximum absolute atomic E-state index is 13.2. The van der Waals surface area contributed by atoms with Gasteiger partial charge in [0.1, 0.15) is 11.4 Å². The van der Waals surface area contributed by atoms with Gasteiger partial charge in [-0.3, -0.25) is 9.78 Å². The lowest BCUT2D eigenvalue weighted by molar-refractivity contribution is -0.138. The predicted molar refractivity (Wildman–Crippen MR) is 92.5 cm³/mol. The van der Waals surface area contributed by atoms with E-state index in [9.17, 15) is 18.0 Å². The van der Waals surface area contributed by atoms with Gasteiger partial charge in [-0.2, -0.15) is 13.2 Å². The molecular formula is C17H10F3N3O2S. The first-order valence-corrected chi connectivity index (χ1v) is 8.27. The Balaban J connectivity index is 1.96. The van der Waals surface area contributed by atoms with Crippen molar-refractivity contribution in [2.75, 3.05) is 7.11 Å². The van der Waals surface area contributed by atoms with Crippen molar-refractivity contribution in [2.24, 2.45) is 0 Å². The largest absolute Gasteiger partial charge is 0.496 e. The molecule has 5 nitrogen and oxygen atoms in total. The first kappa shape index (κ1) is 16.5. The fourth-order valence-electron chi connectivity index (χ4n) is 2.67. The zero-order valence-corrected chi connectivity index (χ0v) is 14.0. The van der Waals surface area contributed by atoms with Crippen LogP contribution >= 0.6 is 11.3 Å². The second kappa shape index (κ2) is 5.80. The van der Waals surface area contributed by atoms with Crippen LogP contribution in [0, 0.1) is 0 Å². The van der Waals surface area contributed by atoms with Crippen LogP contribution < -0.4 is 10.3 Å². The Morgan fingerprint density at radius 2 is 2.04 bits per heavy atom. The highest BCUT2D eigenvalue weighted by Crippen LogP contribution is 2.38. The van der Waals surface area contributed by atoms with Crippen LogP contribution in [0.5, 0.6) is 5.75 Å². The van der Waals surface area contributed by atoms with Crippen molar-refractivity contribution in [1.82, 2.24) is 15.0 Å². The molecule has 3 aromatic heterocycles. The molecule has 4 rings (SSSR count). The topological polar surface area (TPSA) is 67.9 Å². The minimum Gasteiger partial charge on any atom is -0.496 e. The Morgan fingerprint density at radius 1 is 1.23 bits per heavy atom. The van der Waals surface area contributed by atoms with Gasteiger partial charge in [-0.25, -0.2) is 4.98 Å². The highest BCUT2D eigenvalue weighted by atomic mass is 32.1. The molecule has 4 aromatic rings. The number of aromatic nitrogens is 3. The van der Waals surface area contributed by atoms with E-state index >= 15 is 0 Å². The van der Waals surface area contributed by atoms with E-state index in [2.05, 4.69) is 15.0 Å². The summed E-state index contributed by atoms with van der Waals surface area (Å²) >= 11 is 1.51. The Kier molecular flexibility index (Phi) is 3.69. The summed E-state index contributed by atoms with van der Waals surface area (Å²) in [7, 11) is 1.12. The number of rotatable bonds is 2. The van der Waals surface area contributed by atoms with E-state index in [0.717, 1.165) is 29.3 Å². The molecule has 3 heterocycles. The van der Waals surface area contributed by atoms with Crippen LogP contribution in [0.25, 0.3) is 32.5 Å². The molecule has 132 valence electrons. The fraction of sp³-hybridized carbons (Fsp3) is 0.118. The number of thiophene rings is 1. The molecule has 0 saturated carbocycles. The summed E-state index contributed by atoms with van der Waals surface area (Å²) in [5.41, 5.74) is -1.26. The van der Waals surface area contributed by atoms with Gasteiger partial charge in [0.2, 0.25) is 0 Å². The number of pyridine rings is 1. The Bertz CT molecular complexity index is 1200. The lowest BCUT2D eigenvalue weighted by Crippen LogP contribution is -2.13. The number of H-pyrrole nitrogens is 1. The number of benzene rings is 1. The zero-order chi connectivity index (χ0) is 18.5. The fourth-order valence-corrected chi connectivity index (χ4v) is 3.41. The van der Waals surface area contributed by atoms with E-state index < -0.39 is 23.0 Å². The molecule has 0 saturated heterocycles. The van der Waals surface area contributed by atoms with Crippen LogP contribution in [0.4, 0.5) is 13.2 Å². The Morgan fingerprint density at radius 3 is 2.77 bits per heavy atom. The summed E-state index contributed by atoms with van der Waals surface area (Å²) in [6.45, 7) is 0. The van der Waals surface area contributed by atoms with E-state index in [0.29, 0.717) is 5.69 Å². The number of alkyl halides is 3. The van der Waals surface area contributed by atoms with Gasteiger partial charge in [-0.05, 0) is 35.0 Å². The average Bonchev–Trinajstić information content (AvgIpc) is 3.07. The minimum absolute atomic E-state index is 0.00945. The van der Waals surface area contributed by atoms with Crippen molar-refractivity contribution in [2.45, 2.75) is 6.18 Å². The quantitative estimate of drug-likeness (QED) is 0.568. The number of aromatic amines is 1. The van der Waals surface area contributed by atoms with Gasteiger partial charge in [0.25, 0.3) is 5.56 Å². The standard InChI is InChI=1S/C17H10F3N3O2S/c1-25-13-5-9-11(6-10(13)17(18,19)20)22-15(23-16(9)24)12-4-8-2-3-26-14(8)7-21-12/h2-7H,1H3,(H,22,23,24). The number of nitrogens with one attached hydrogen (secondary N) is 1. The molecule has 26 heavy (non-hydrogen) atoms. The second-order valence-corrected chi connectivity index (χ2v) is 6.46. The van der Waals surface area contributed by atoms with Crippen LogP contribution in [0.2, 0.25) is 0 Å². The van der Waals surface area contributed by atoms with Crippen LogP contribution in [-0.4, -0.2) is 22.1 Å². The molecule has 0 atom stereocenters. The molecule has 1 aromatic carbocycles. The number of halogens is 3. The third-order valence-corrected chi connectivity index (χ3v) is 4.78. The maximum Gasteiger partial charge on any atom is 0.420 e. The molecule has 0 aliphatic rings. The van der Waals surface area contributed by atoms with Crippen molar-refractivity contribution in [3.05, 3.63) is 51.8 Å². The molecule has 0 spiro atoms. The average molecular weight is 377 g/mol. The normalized spacial score (nSPS) is 12.0. The molecule has 1 N–H and O–H groups in total. The summed E-state index contributed by atoms with van der Waals surface area (Å²) in [6.07, 6.45) is -2.99. The molecule has 9 heteroatoms. The van der Waals surface area contributed by atoms with E-state index in [4.69, 9.17) is 4.74 Å². The maximum atomic E-state index is 13.2. The monoisotopic (exact) mass is 377 g/mol. The molecule has 0 radical (unpaired) electrons. The zero-order valence-electron chi connectivity index (χ0n) is 13.2. The summed E-state index contributed by atoms with van der Waals surface area (Å²) < 4.78 is 45.4. The van der Waals surface area contributed by atoms with Crippen LogP contribution in [-0.2, 0) is 6.18 Å². The molecule has 0 aliphatic heterocycles. The first-order chi connectivity index (χ1) is 12.4. The van der Waals surface area contributed by atoms with Gasteiger partial charge in [0.05, 0.1) is 28.3 Å². The first-order valence-electron chi connectivity index (χ1n) is 7.40. The minimum atomic E-state index is -4.63. The van der Waals surface area contributed by atoms with Crippen molar-refractivity contribution in [3.8, 4) is 17.3 Å². The van der Waals surface area contributed by atoms with Crippen molar-refractivity contribution in [3.63, 3.8) is 0 Å². The van der Waals surface area contributed by atoms with Crippen LogP contribution in [0.1, 0.15) is 5.56 Å². The molecular weight excluding hydrogens is 367 g/mol. The Labute approximate surface area is 148 Å². The third kappa shape index (κ3) is 2.70. The SMILES string of the molecule is COc1cc2c(=O)[nH]c(-c3cc4ccsc4cn3)nc2cc1C(F)(F)F. The number of ether oxygens (including phenoxy) is 1. The van der Waals surface area contributed by atoms with Crippen LogP contribution in [0.3, 0.4) is 0 Å². The van der Waals surface area contributed by atoms with Gasteiger partial charge in [-0.1, -0.05) is 0 Å². The van der Waals surface area contributed by atoms with Crippen molar-refractivity contribution < 1.29 is 17.9 Å². The molecule has 0 unspecified atom stereocenters. The summed E-state index contributed by atoms with van der Waals surface area (Å²) in [5, 5.41) is 2.82. The van der Waals surface area contributed by atoms with Crippen LogP contribution in [0.15, 0.2) is 40.6 Å². The van der Waals surface area contributed by atoms with Crippen molar-refractivity contribution in [1.29, 1.82) is 0 Å². The smallest absolute Gasteiger partial charge is 0.420 e. The summed E-state index contributed by atoms with van der Waals surface area (Å²) in [5.74, 6) is -0.322. The second-order valence-electron chi connectivity index (χ2n) is 5.51. The van der Waals surface area contributed by atoms with Gasteiger partial charge in [-0.15, -0.1) is 11.3 Å². The highest BCUT2D eigenvalue weighted by molar-refractivity contribution is 7.17. The van der Waals surface area contributed by atoms with Gasteiger partial charge in [0.15, 0.2) is 5.82 Å². The lowest BCUT2D eigenvalue weighted by Gasteiger charge is -2.13. The van der Waals surface area contributed by atoms with E-state index in [1.54, 1.807) is 12.3 Å². The number of hydrogen-bond donors (Lipinski definition) is 1. The lowest BCUT2D eigenvalue weighted by atomic mass is 10.1. The molecule has 0 amide bonds. The van der Waals surface area contributed by atoms with Gasteiger partial charge < -0.3 is 9.72 Å². The third-order valence-electron chi connectivity index (χ3n) is 3.91. The molecule has 0 aliphatic carbocycles. The molecule has 0 bridgehead atoms. The van der Waals surface area contributed by atoms with E-state index in [1.165, 1.54) is 11.3 Å². The predicted octanol–water partition coefficient (Wildman–Crippen LogP) is 4.23. The summed E-state index contributed by atoms with van der Waals surface area (Å²) in [4.78, 5) is 23.3. The Hall–Kier alpha value is -2.94. The van der Waals surface area contributed by atoms with E-state index in [1.807, 2.05) is 11.4 Å².